The molecule has 0 atom stereocenters. The monoisotopic (exact) mass is 278 g/mol. The molecular formula is C17H14N2O2. The van der Waals surface area contributed by atoms with E-state index >= 15 is 0 Å². The molecule has 0 aliphatic rings. The van der Waals surface area contributed by atoms with E-state index in [1.807, 2.05) is 48.5 Å². The lowest BCUT2D eigenvalue weighted by molar-refractivity contribution is 0.298. The molecule has 2 aromatic carbocycles. The Labute approximate surface area is 121 Å². The number of nitrogens with zero attached hydrogens (tertiary/aromatic N) is 2. The SMILES string of the molecule is O=c1nc2ccccc2c(-c2ccccc2)nc1CCO. The van der Waals surface area contributed by atoms with Gasteiger partial charge >= 0.3 is 0 Å². The van der Waals surface area contributed by atoms with E-state index in [9.17, 15) is 4.79 Å². The largest absolute Gasteiger partial charge is 0.396 e. The molecule has 0 spiro atoms. The van der Waals surface area contributed by atoms with Gasteiger partial charge in [0.2, 0.25) is 0 Å². The van der Waals surface area contributed by atoms with Crippen LogP contribution in [-0.2, 0) is 6.42 Å². The fourth-order valence-corrected chi connectivity index (χ4v) is 2.27. The highest BCUT2D eigenvalue weighted by atomic mass is 16.3. The number of aromatic nitrogens is 2. The molecular weight excluding hydrogens is 264 g/mol. The molecule has 0 saturated heterocycles. The Morgan fingerprint density at radius 3 is 2.38 bits per heavy atom. The first-order valence-electron chi connectivity index (χ1n) is 6.76. The third-order valence-electron chi connectivity index (χ3n) is 3.27. The van der Waals surface area contributed by atoms with Gasteiger partial charge in [0.15, 0.2) is 0 Å². The fraction of sp³-hybridized carbons (Fsp3) is 0.118. The van der Waals surface area contributed by atoms with Crippen molar-refractivity contribution in [3.8, 4) is 11.3 Å². The maximum Gasteiger partial charge on any atom is 0.292 e. The van der Waals surface area contributed by atoms with Crippen LogP contribution in [0.5, 0.6) is 0 Å². The molecule has 4 nitrogen and oxygen atoms in total. The van der Waals surface area contributed by atoms with Crippen molar-refractivity contribution >= 4 is 10.9 Å². The van der Waals surface area contributed by atoms with E-state index < -0.39 is 0 Å². The number of hydrogen-bond donors (Lipinski definition) is 1. The quantitative estimate of drug-likeness (QED) is 0.797. The van der Waals surface area contributed by atoms with Gasteiger partial charge in [0, 0.05) is 24.0 Å². The van der Waals surface area contributed by atoms with Crippen molar-refractivity contribution in [2.45, 2.75) is 6.42 Å². The second-order valence-electron chi connectivity index (χ2n) is 4.68. The molecule has 1 aromatic heterocycles. The summed E-state index contributed by atoms with van der Waals surface area (Å²) in [4.78, 5) is 20.7. The van der Waals surface area contributed by atoms with Crippen LogP contribution in [0.1, 0.15) is 5.69 Å². The van der Waals surface area contributed by atoms with Crippen LogP contribution in [0, 0.1) is 0 Å². The number of aliphatic hydroxyl groups is 1. The summed E-state index contributed by atoms with van der Waals surface area (Å²) in [7, 11) is 0. The lowest BCUT2D eigenvalue weighted by Crippen LogP contribution is -2.12. The number of fused-ring (bicyclic) bond motifs is 1. The Bertz CT molecular complexity index is 832. The van der Waals surface area contributed by atoms with Gasteiger partial charge in [-0.3, -0.25) is 4.79 Å². The molecule has 0 fully saturated rings. The van der Waals surface area contributed by atoms with Gasteiger partial charge in [-0.05, 0) is 6.07 Å². The van der Waals surface area contributed by atoms with Crippen LogP contribution in [0.15, 0.2) is 59.4 Å². The zero-order valence-corrected chi connectivity index (χ0v) is 11.4. The minimum Gasteiger partial charge on any atom is -0.396 e. The van der Waals surface area contributed by atoms with Gasteiger partial charge in [-0.15, -0.1) is 0 Å². The van der Waals surface area contributed by atoms with Crippen molar-refractivity contribution in [2.24, 2.45) is 0 Å². The molecule has 1 heterocycles. The van der Waals surface area contributed by atoms with Crippen LogP contribution in [0.2, 0.25) is 0 Å². The average Bonchev–Trinajstić information content (AvgIpc) is 2.66. The van der Waals surface area contributed by atoms with E-state index in [4.69, 9.17) is 5.11 Å². The van der Waals surface area contributed by atoms with Gasteiger partial charge in [0.05, 0.1) is 11.2 Å². The topological polar surface area (TPSA) is 63.1 Å². The summed E-state index contributed by atoms with van der Waals surface area (Å²) in [6.07, 6.45) is 0.201. The molecule has 21 heavy (non-hydrogen) atoms. The summed E-state index contributed by atoms with van der Waals surface area (Å²) in [5.74, 6) is 0. The summed E-state index contributed by atoms with van der Waals surface area (Å²) in [5, 5.41) is 9.94. The second kappa shape index (κ2) is 5.81. The van der Waals surface area contributed by atoms with Crippen LogP contribution >= 0.6 is 0 Å². The van der Waals surface area contributed by atoms with Crippen LogP contribution in [0.3, 0.4) is 0 Å². The molecule has 0 aliphatic carbocycles. The summed E-state index contributed by atoms with van der Waals surface area (Å²) in [6.45, 7) is -0.126. The van der Waals surface area contributed by atoms with Crippen molar-refractivity contribution < 1.29 is 5.11 Å². The highest BCUT2D eigenvalue weighted by Crippen LogP contribution is 2.24. The molecule has 3 rings (SSSR count). The highest BCUT2D eigenvalue weighted by molar-refractivity contribution is 5.91. The molecule has 0 unspecified atom stereocenters. The summed E-state index contributed by atoms with van der Waals surface area (Å²) in [6, 6.07) is 17.1. The van der Waals surface area contributed by atoms with E-state index in [1.165, 1.54) is 0 Å². The number of benzene rings is 2. The molecule has 0 bridgehead atoms. The van der Waals surface area contributed by atoms with Crippen LogP contribution in [0.25, 0.3) is 22.2 Å². The number of hydrogen-bond acceptors (Lipinski definition) is 4. The van der Waals surface area contributed by atoms with Crippen molar-refractivity contribution in [3.63, 3.8) is 0 Å². The van der Waals surface area contributed by atoms with Crippen molar-refractivity contribution in [2.75, 3.05) is 6.61 Å². The van der Waals surface area contributed by atoms with E-state index in [-0.39, 0.29) is 24.3 Å². The average molecular weight is 278 g/mol. The molecule has 104 valence electrons. The third-order valence-corrected chi connectivity index (χ3v) is 3.27. The zero-order chi connectivity index (χ0) is 14.7. The van der Waals surface area contributed by atoms with Gasteiger partial charge in [0.25, 0.3) is 5.56 Å². The van der Waals surface area contributed by atoms with E-state index in [2.05, 4.69) is 9.97 Å². The lowest BCUT2D eigenvalue weighted by Gasteiger charge is -2.01. The van der Waals surface area contributed by atoms with Crippen LogP contribution in [-0.4, -0.2) is 21.7 Å². The van der Waals surface area contributed by atoms with Crippen LogP contribution in [0.4, 0.5) is 0 Å². The molecule has 1 N–H and O–H groups in total. The minimum atomic E-state index is -0.387. The second-order valence-corrected chi connectivity index (χ2v) is 4.68. The maximum absolute atomic E-state index is 12.1. The number of para-hydroxylation sites is 1. The Hall–Kier alpha value is -2.59. The summed E-state index contributed by atoms with van der Waals surface area (Å²) >= 11 is 0. The first kappa shape index (κ1) is 13.4. The summed E-state index contributed by atoms with van der Waals surface area (Å²) in [5.41, 5.74) is 2.14. The van der Waals surface area contributed by atoms with Gasteiger partial charge in [-0.1, -0.05) is 48.5 Å². The highest BCUT2D eigenvalue weighted by Gasteiger charge is 2.09. The molecule has 0 aliphatic heterocycles. The van der Waals surface area contributed by atoms with Gasteiger partial charge in [-0.2, -0.15) is 0 Å². The molecule has 0 saturated carbocycles. The Morgan fingerprint density at radius 1 is 0.905 bits per heavy atom. The lowest BCUT2D eigenvalue weighted by atomic mass is 10.1. The molecule has 0 radical (unpaired) electrons. The Morgan fingerprint density at radius 2 is 1.62 bits per heavy atom. The Balaban J connectivity index is 2.41. The first-order valence-corrected chi connectivity index (χ1v) is 6.76. The predicted octanol–water partition coefficient (Wildman–Crippen LogP) is 2.19. The van der Waals surface area contributed by atoms with E-state index in [0.717, 1.165) is 10.9 Å². The molecule has 4 heteroatoms. The van der Waals surface area contributed by atoms with Crippen molar-refractivity contribution in [1.82, 2.24) is 9.97 Å². The van der Waals surface area contributed by atoms with Gasteiger partial charge in [0.1, 0.15) is 5.69 Å². The van der Waals surface area contributed by atoms with Crippen molar-refractivity contribution in [1.29, 1.82) is 0 Å². The van der Waals surface area contributed by atoms with Crippen LogP contribution < -0.4 is 5.56 Å². The van der Waals surface area contributed by atoms with E-state index in [1.54, 1.807) is 6.07 Å². The fourth-order valence-electron chi connectivity index (χ4n) is 2.27. The normalized spacial score (nSPS) is 10.7. The molecule has 3 aromatic rings. The smallest absolute Gasteiger partial charge is 0.292 e. The molecule has 0 amide bonds. The maximum atomic E-state index is 12.1. The van der Waals surface area contributed by atoms with E-state index in [0.29, 0.717) is 11.2 Å². The number of rotatable bonds is 3. The van der Waals surface area contributed by atoms with Crippen molar-refractivity contribution in [3.05, 3.63) is 70.6 Å². The van der Waals surface area contributed by atoms with Gasteiger partial charge in [-0.25, -0.2) is 9.97 Å². The van der Waals surface area contributed by atoms with Gasteiger partial charge < -0.3 is 5.11 Å². The first-order chi connectivity index (χ1) is 10.3. The predicted molar refractivity (Wildman–Crippen MR) is 82.0 cm³/mol. The standard InChI is InChI=1S/C17H14N2O2/c20-11-10-15-17(21)19-14-9-5-4-8-13(14)16(18-15)12-6-2-1-3-7-12/h1-9,20H,10-11H2. The number of aliphatic hydroxyl groups excluding tert-OH is 1. The zero-order valence-electron chi connectivity index (χ0n) is 11.4. The third kappa shape index (κ3) is 2.66. The minimum absolute atomic E-state index is 0.126. The summed E-state index contributed by atoms with van der Waals surface area (Å²) < 4.78 is 0. The Kier molecular flexibility index (Phi) is 3.71.